The third-order valence-electron chi connectivity index (χ3n) is 4.46. The number of amides is 1. The van der Waals surface area contributed by atoms with Gasteiger partial charge in [0.2, 0.25) is 0 Å². The second-order valence-corrected chi connectivity index (χ2v) is 6.26. The van der Waals surface area contributed by atoms with Gasteiger partial charge in [-0.15, -0.1) is 0 Å². The average molecular weight is 356 g/mol. The van der Waals surface area contributed by atoms with Gasteiger partial charge in [0.25, 0.3) is 11.5 Å². The third kappa shape index (κ3) is 3.15. The number of hydrogen-bond acceptors (Lipinski definition) is 6. The van der Waals surface area contributed by atoms with Crippen molar-refractivity contribution in [1.82, 2.24) is 19.5 Å². The molecule has 136 valence electrons. The molecular formula is C17H20N6O3. The highest BCUT2D eigenvalue weighted by molar-refractivity contribution is 6.01. The van der Waals surface area contributed by atoms with Gasteiger partial charge >= 0.3 is 5.69 Å². The summed E-state index contributed by atoms with van der Waals surface area (Å²) in [6.07, 6.45) is 8.79. The second-order valence-electron chi connectivity index (χ2n) is 6.26. The van der Waals surface area contributed by atoms with Crippen molar-refractivity contribution < 1.29 is 4.79 Å². The zero-order chi connectivity index (χ0) is 18.8. The van der Waals surface area contributed by atoms with Crippen LogP contribution in [0.5, 0.6) is 0 Å². The van der Waals surface area contributed by atoms with Crippen LogP contribution in [0.2, 0.25) is 0 Å². The van der Waals surface area contributed by atoms with Crippen molar-refractivity contribution in [3.63, 3.8) is 0 Å². The zero-order valence-corrected chi connectivity index (χ0v) is 14.6. The Labute approximate surface area is 148 Å². The number of allylic oxidation sites excluding steroid dienone is 2. The second kappa shape index (κ2) is 6.95. The molecule has 9 nitrogen and oxygen atoms in total. The number of carbonyl (C=O) groups is 1. The number of nitrogen functional groups attached to an aromatic ring is 1. The number of fused-ring (bicyclic) bond motifs is 1. The maximum atomic E-state index is 12.4. The summed E-state index contributed by atoms with van der Waals surface area (Å²) in [5.74, 6) is -0.348. The van der Waals surface area contributed by atoms with E-state index in [1.54, 1.807) is 6.21 Å². The largest absolute Gasteiger partial charge is 0.383 e. The van der Waals surface area contributed by atoms with Gasteiger partial charge in [0, 0.05) is 20.3 Å². The van der Waals surface area contributed by atoms with Crippen LogP contribution in [0, 0.1) is 5.92 Å². The molecule has 2 aromatic rings. The highest BCUT2D eigenvalue weighted by Crippen LogP contribution is 2.16. The molecule has 0 aromatic carbocycles. The molecule has 9 heteroatoms. The standard InChI is InChI=1S/C17H20N6O3/c1-22-14-12(16(25)23(2)17(22)26)8-11(13(18)20-14)15(24)21-19-9-10-6-4-3-5-7-10/h3-4,8-10H,5-7H2,1-2H3,(H2,18,20)(H,21,24)/b19-9-. The van der Waals surface area contributed by atoms with Crippen molar-refractivity contribution in [1.29, 1.82) is 0 Å². The molecule has 26 heavy (non-hydrogen) atoms. The Morgan fingerprint density at radius 1 is 1.35 bits per heavy atom. The van der Waals surface area contributed by atoms with E-state index in [0.29, 0.717) is 0 Å². The predicted molar refractivity (Wildman–Crippen MR) is 99.1 cm³/mol. The fourth-order valence-electron chi connectivity index (χ4n) is 2.91. The van der Waals surface area contributed by atoms with Crippen LogP contribution in [-0.2, 0) is 14.1 Å². The molecule has 2 heterocycles. The first-order valence-electron chi connectivity index (χ1n) is 8.25. The first-order valence-corrected chi connectivity index (χ1v) is 8.25. The van der Waals surface area contributed by atoms with Crippen LogP contribution in [0.15, 0.2) is 32.9 Å². The van der Waals surface area contributed by atoms with Crippen LogP contribution >= 0.6 is 0 Å². The number of rotatable bonds is 3. The van der Waals surface area contributed by atoms with Gasteiger partial charge in [-0.2, -0.15) is 5.10 Å². The summed E-state index contributed by atoms with van der Waals surface area (Å²) < 4.78 is 2.17. The first-order chi connectivity index (χ1) is 12.4. The smallest absolute Gasteiger partial charge is 0.332 e. The minimum atomic E-state index is -0.560. The predicted octanol–water partition coefficient (Wildman–Crippen LogP) is 0.286. The van der Waals surface area contributed by atoms with E-state index in [9.17, 15) is 14.4 Å². The lowest BCUT2D eigenvalue weighted by molar-refractivity contribution is 0.0955. The molecule has 1 atom stereocenters. The molecule has 1 unspecified atom stereocenters. The van der Waals surface area contributed by atoms with Gasteiger partial charge in [0.15, 0.2) is 5.65 Å². The zero-order valence-electron chi connectivity index (χ0n) is 14.6. The van der Waals surface area contributed by atoms with E-state index in [1.165, 1.54) is 24.7 Å². The Kier molecular flexibility index (Phi) is 4.70. The van der Waals surface area contributed by atoms with Gasteiger partial charge in [-0.3, -0.25) is 18.7 Å². The number of anilines is 1. The van der Waals surface area contributed by atoms with E-state index in [1.807, 2.05) is 0 Å². The lowest BCUT2D eigenvalue weighted by Gasteiger charge is -2.12. The molecular weight excluding hydrogens is 336 g/mol. The summed E-state index contributed by atoms with van der Waals surface area (Å²) >= 11 is 0. The molecule has 3 rings (SSSR count). The van der Waals surface area contributed by atoms with Gasteiger partial charge in [-0.1, -0.05) is 12.2 Å². The van der Waals surface area contributed by atoms with Crippen LogP contribution in [-0.4, -0.2) is 26.2 Å². The van der Waals surface area contributed by atoms with Gasteiger partial charge in [-0.25, -0.2) is 15.2 Å². The van der Waals surface area contributed by atoms with Gasteiger partial charge in [0.05, 0.1) is 10.9 Å². The highest BCUT2D eigenvalue weighted by Gasteiger charge is 2.17. The summed E-state index contributed by atoms with van der Waals surface area (Å²) in [6, 6.07) is 1.34. The number of pyridine rings is 1. The maximum absolute atomic E-state index is 12.4. The lowest BCUT2D eigenvalue weighted by Crippen LogP contribution is -2.37. The quantitative estimate of drug-likeness (QED) is 0.464. The molecule has 1 aliphatic rings. The molecule has 1 amide bonds. The summed E-state index contributed by atoms with van der Waals surface area (Å²) in [5, 5.41) is 4.12. The summed E-state index contributed by atoms with van der Waals surface area (Å²) in [4.78, 5) is 40.7. The normalized spacial score (nSPS) is 17.1. The van der Waals surface area contributed by atoms with Crippen molar-refractivity contribution in [3.8, 4) is 0 Å². The van der Waals surface area contributed by atoms with Crippen molar-refractivity contribution in [3.05, 3.63) is 44.6 Å². The van der Waals surface area contributed by atoms with E-state index >= 15 is 0 Å². The molecule has 0 radical (unpaired) electrons. The highest BCUT2D eigenvalue weighted by atomic mass is 16.2. The van der Waals surface area contributed by atoms with E-state index < -0.39 is 17.2 Å². The van der Waals surface area contributed by atoms with Crippen molar-refractivity contribution >= 4 is 29.0 Å². The molecule has 0 bridgehead atoms. The summed E-state index contributed by atoms with van der Waals surface area (Å²) in [7, 11) is 2.85. The molecule has 0 saturated carbocycles. The van der Waals surface area contributed by atoms with E-state index in [0.717, 1.165) is 23.8 Å². The number of hydrogen-bond donors (Lipinski definition) is 2. The molecule has 0 saturated heterocycles. The van der Waals surface area contributed by atoms with Crippen LogP contribution in [0.4, 0.5) is 5.82 Å². The van der Waals surface area contributed by atoms with E-state index in [2.05, 4.69) is 27.7 Å². The Morgan fingerprint density at radius 2 is 2.12 bits per heavy atom. The SMILES string of the molecule is Cn1c(=O)c2cc(C(=O)N/N=C\C3CC=CCC3)c(N)nc2n(C)c1=O. The van der Waals surface area contributed by atoms with Crippen LogP contribution in [0.3, 0.4) is 0 Å². The van der Waals surface area contributed by atoms with Crippen LogP contribution in [0.25, 0.3) is 11.0 Å². The van der Waals surface area contributed by atoms with Crippen LogP contribution < -0.4 is 22.4 Å². The summed E-state index contributed by atoms with van der Waals surface area (Å²) in [5.41, 5.74) is 7.38. The van der Waals surface area contributed by atoms with Gasteiger partial charge in [-0.05, 0) is 31.2 Å². The third-order valence-corrected chi connectivity index (χ3v) is 4.46. The minimum Gasteiger partial charge on any atom is -0.383 e. The number of hydrazone groups is 1. The molecule has 3 N–H and O–H groups in total. The molecule has 0 spiro atoms. The molecule has 0 aliphatic heterocycles. The Hall–Kier alpha value is -3.23. The van der Waals surface area contributed by atoms with Gasteiger partial charge in [0.1, 0.15) is 5.82 Å². The lowest BCUT2D eigenvalue weighted by atomic mass is 9.96. The number of aryl methyl sites for hydroxylation is 1. The summed E-state index contributed by atoms with van der Waals surface area (Å²) in [6.45, 7) is 0. The van der Waals surface area contributed by atoms with Crippen molar-refractivity contribution in [2.45, 2.75) is 19.3 Å². The fourth-order valence-corrected chi connectivity index (χ4v) is 2.91. The topological polar surface area (TPSA) is 124 Å². The van der Waals surface area contributed by atoms with E-state index in [-0.39, 0.29) is 28.3 Å². The maximum Gasteiger partial charge on any atom is 0.332 e. The Balaban J connectivity index is 1.92. The van der Waals surface area contributed by atoms with Crippen molar-refractivity contribution in [2.75, 3.05) is 5.73 Å². The minimum absolute atomic E-state index is 0.0361. The molecule has 1 aliphatic carbocycles. The van der Waals surface area contributed by atoms with Crippen LogP contribution in [0.1, 0.15) is 29.6 Å². The number of aromatic nitrogens is 3. The first kappa shape index (κ1) is 17.6. The number of nitrogens with one attached hydrogen (secondary N) is 1. The number of carbonyl (C=O) groups excluding carboxylic acids is 1. The molecule has 0 fully saturated rings. The average Bonchev–Trinajstić information content (AvgIpc) is 2.65. The number of nitrogens with two attached hydrogens (primary N) is 1. The monoisotopic (exact) mass is 356 g/mol. The Morgan fingerprint density at radius 3 is 2.81 bits per heavy atom. The number of nitrogens with zero attached hydrogens (tertiary/aromatic N) is 4. The molecule has 2 aromatic heterocycles. The van der Waals surface area contributed by atoms with Crippen molar-refractivity contribution in [2.24, 2.45) is 25.1 Å². The fraction of sp³-hybridized carbons (Fsp3) is 0.353. The Bertz CT molecular complexity index is 1050. The van der Waals surface area contributed by atoms with E-state index in [4.69, 9.17) is 5.73 Å². The van der Waals surface area contributed by atoms with Gasteiger partial charge < -0.3 is 5.73 Å².